The molecule has 0 aliphatic rings. The summed E-state index contributed by atoms with van der Waals surface area (Å²) in [5.41, 5.74) is -0.481. The van der Waals surface area contributed by atoms with E-state index < -0.39 is 11.4 Å². The fourth-order valence-corrected chi connectivity index (χ4v) is 0.433. The second-order valence-electron chi connectivity index (χ2n) is 3.38. The van der Waals surface area contributed by atoms with Gasteiger partial charge in [0.25, 0.3) is 0 Å². The minimum absolute atomic E-state index is 0.145. The highest BCUT2D eigenvalue weighted by Crippen LogP contribution is 2.14. The van der Waals surface area contributed by atoms with Crippen LogP contribution in [0.15, 0.2) is 12.2 Å². The summed E-state index contributed by atoms with van der Waals surface area (Å²) in [7, 11) is 0. The second-order valence-corrected chi connectivity index (χ2v) is 3.38. The van der Waals surface area contributed by atoms with Gasteiger partial charge < -0.3 is 4.84 Å². The van der Waals surface area contributed by atoms with E-state index in [-0.39, 0.29) is 5.78 Å². The zero-order valence-corrected chi connectivity index (χ0v) is 7.46. The van der Waals surface area contributed by atoms with E-state index in [4.69, 9.17) is 0 Å². The molecule has 0 aromatic carbocycles. The van der Waals surface area contributed by atoms with E-state index in [9.17, 15) is 9.59 Å². The molecule has 0 atom stereocenters. The Balaban J connectivity index is 4.19. The quantitative estimate of drug-likeness (QED) is 0.487. The summed E-state index contributed by atoms with van der Waals surface area (Å²) in [6.07, 6.45) is 2.17. The Morgan fingerprint density at radius 2 is 1.75 bits per heavy atom. The molecule has 0 saturated heterocycles. The summed E-state index contributed by atoms with van der Waals surface area (Å²) in [5.74, 6) is 3.68. The zero-order chi connectivity index (χ0) is 9.78. The van der Waals surface area contributed by atoms with Crippen molar-refractivity contribution in [3.05, 3.63) is 12.2 Å². The fraction of sp³-hybridized carbons (Fsp3) is 0.500. The Bertz CT molecular complexity index is 213. The molecule has 0 fully saturated rings. The maximum Gasteiger partial charge on any atom is 0.349 e. The first kappa shape index (κ1) is 10.8. The summed E-state index contributed by atoms with van der Waals surface area (Å²) >= 11 is 0. The van der Waals surface area contributed by atoms with Crippen LogP contribution in [0.3, 0.4) is 0 Å². The van der Waals surface area contributed by atoms with Crippen LogP contribution in [0.5, 0.6) is 0 Å². The van der Waals surface area contributed by atoms with Crippen molar-refractivity contribution in [1.29, 1.82) is 0 Å². The van der Waals surface area contributed by atoms with E-state index in [1.54, 1.807) is 20.8 Å². The molecule has 0 rings (SSSR count). The van der Waals surface area contributed by atoms with Gasteiger partial charge in [-0.25, -0.2) is 4.79 Å². The summed E-state index contributed by atoms with van der Waals surface area (Å²) < 4.78 is 0. The Kier molecular flexibility index (Phi) is 3.63. The van der Waals surface area contributed by atoms with Gasteiger partial charge in [0, 0.05) is 11.5 Å². The first-order valence-corrected chi connectivity index (χ1v) is 3.51. The van der Waals surface area contributed by atoms with Crippen molar-refractivity contribution in [2.45, 2.75) is 20.8 Å². The number of carbonyl (C=O) groups is 2. The Morgan fingerprint density at radius 1 is 1.25 bits per heavy atom. The van der Waals surface area contributed by atoms with E-state index in [0.29, 0.717) is 0 Å². The minimum atomic E-state index is -0.729. The van der Waals surface area contributed by atoms with Crippen molar-refractivity contribution in [2.75, 3.05) is 0 Å². The average molecular weight is 171 g/mol. The van der Waals surface area contributed by atoms with Crippen LogP contribution in [0.4, 0.5) is 0 Å². The lowest BCUT2D eigenvalue weighted by atomic mass is 9.91. The summed E-state index contributed by atoms with van der Waals surface area (Å²) in [6.45, 7) is 5.27. The third kappa shape index (κ3) is 3.88. The maximum absolute atomic E-state index is 11.1. The van der Waals surface area contributed by atoms with Crippen LogP contribution in [-0.4, -0.2) is 11.8 Å². The normalized spacial score (nSPS) is 11.7. The summed E-state index contributed by atoms with van der Waals surface area (Å²) in [4.78, 5) is 25.4. The lowest BCUT2D eigenvalue weighted by Crippen LogP contribution is -2.18. The van der Waals surface area contributed by atoms with E-state index >= 15 is 0 Å². The predicted octanol–water partition coefficient (Wildman–Crippen LogP) is 0.575. The number of rotatable bonds is 2. The molecule has 0 radical (unpaired) electrons. The van der Waals surface area contributed by atoms with Crippen molar-refractivity contribution in [3.63, 3.8) is 0 Å². The molecule has 12 heavy (non-hydrogen) atoms. The average Bonchev–Trinajstić information content (AvgIpc) is 1.97. The number of hydrogen-bond acceptors (Lipinski definition) is 4. The molecule has 4 nitrogen and oxygen atoms in total. The van der Waals surface area contributed by atoms with Crippen molar-refractivity contribution >= 4 is 11.8 Å². The van der Waals surface area contributed by atoms with Gasteiger partial charge in [-0.05, 0) is 6.08 Å². The molecule has 0 aromatic rings. The molecule has 0 spiro atoms. The number of hydrogen-bond donors (Lipinski definition) is 1. The SMILES string of the molecule is CC(C)(C)C(=O)/C=C/C(=O)ON. The predicted molar refractivity (Wildman–Crippen MR) is 43.9 cm³/mol. The third-order valence-electron chi connectivity index (χ3n) is 1.23. The van der Waals surface area contributed by atoms with Gasteiger partial charge in [-0.1, -0.05) is 20.8 Å². The van der Waals surface area contributed by atoms with Gasteiger partial charge in [-0.3, -0.25) is 4.79 Å². The molecule has 0 aromatic heterocycles. The van der Waals surface area contributed by atoms with Gasteiger partial charge in [0.1, 0.15) is 0 Å². The standard InChI is InChI=1S/C8H13NO3/c1-8(2,3)6(10)4-5-7(11)12-9/h4-5H,9H2,1-3H3/b5-4+. The van der Waals surface area contributed by atoms with Crippen molar-refractivity contribution in [1.82, 2.24) is 0 Å². The molecule has 0 aliphatic heterocycles. The number of nitrogens with two attached hydrogens (primary N) is 1. The molecule has 0 saturated carbocycles. The molecule has 0 bridgehead atoms. The smallest absolute Gasteiger partial charge is 0.349 e. The largest absolute Gasteiger partial charge is 0.370 e. The van der Waals surface area contributed by atoms with Crippen LogP contribution in [0.25, 0.3) is 0 Å². The first-order valence-electron chi connectivity index (χ1n) is 3.51. The molecule has 0 amide bonds. The van der Waals surface area contributed by atoms with Crippen LogP contribution < -0.4 is 5.90 Å². The molecule has 0 heterocycles. The van der Waals surface area contributed by atoms with Gasteiger partial charge >= 0.3 is 5.97 Å². The number of allylic oxidation sites excluding steroid dienone is 1. The van der Waals surface area contributed by atoms with E-state index in [0.717, 1.165) is 12.2 Å². The van der Waals surface area contributed by atoms with Crippen LogP contribution in [0.2, 0.25) is 0 Å². The molecular weight excluding hydrogens is 158 g/mol. The first-order chi connectivity index (χ1) is 5.38. The molecular formula is C8H13NO3. The van der Waals surface area contributed by atoms with E-state index in [1.165, 1.54) is 0 Å². The summed E-state index contributed by atoms with van der Waals surface area (Å²) in [6, 6.07) is 0. The van der Waals surface area contributed by atoms with Crippen LogP contribution >= 0.6 is 0 Å². The molecule has 0 aliphatic carbocycles. The molecule has 2 N–H and O–H groups in total. The van der Waals surface area contributed by atoms with Crippen LogP contribution in [0, 0.1) is 5.41 Å². The second kappa shape index (κ2) is 4.01. The Hall–Kier alpha value is -1.16. The lowest BCUT2D eigenvalue weighted by molar-refractivity contribution is -0.138. The maximum atomic E-state index is 11.1. The highest BCUT2D eigenvalue weighted by molar-refractivity contribution is 5.98. The van der Waals surface area contributed by atoms with Gasteiger partial charge in [-0.2, -0.15) is 5.90 Å². The van der Waals surface area contributed by atoms with Crippen molar-refractivity contribution < 1.29 is 14.4 Å². The zero-order valence-electron chi connectivity index (χ0n) is 7.46. The highest BCUT2D eigenvalue weighted by atomic mass is 16.7. The lowest BCUT2D eigenvalue weighted by Gasteiger charge is -2.12. The van der Waals surface area contributed by atoms with Gasteiger partial charge in [0.05, 0.1) is 0 Å². The van der Waals surface area contributed by atoms with E-state index in [1.807, 2.05) is 0 Å². The Labute approximate surface area is 71.3 Å². The van der Waals surface area contributed by atoms with Gasteiger partial charge in [0.2, 0.25) is 0 Å². The van der Waals surface area contributed by atoms with Crippen LogP contribution in [-0.2, 0) is 14.4 Å². The number of ketones is 1. The van der Waals surface area contributed by atoms with Crippen molar-refractivity contribution in [3.8, 4) is 0 Å². The molecule has 4 heteroatoms. The topological polar surface area (TPSA) is 69.4 Å². The van der Waals surface area contributed by atoms with E-state index in [2.05, 4.69) is 10.7 Å². The number of carbonyl (C=O) groups excluding carboxylic acids is 2. The Morgan fingerprint density at radius 3 is 2.08 bits per heavy atom. The van der Waals surface area contributed by atoms with Gasteiger partial charge in [0.15, 0.2) is 5.78 Å². The van der Waals surface area contributed by atoms with Crippen LogP contribution in [0.1, 0.15) is 20.8 Å². The summed E-state index contributed by atoms with van der Waals surface area (Å²) in [5, 5.41) is 0. The minimum Gasteiger partial charge on any atom is -0.370 e. The van der Waals surface area contributed by atoms with Gasteiger partial charge in [-0.15, -0.1) is 0 Å². The van der Waals surface area contributed by atoms with Crippen molar-refractivity contribution in [2.24, 2.45) is 11.3 Å². The molecule has 68 valence electrons. The highest BCUT2D eigenvalue weighted by Gasteiger charge is 2.18. The monoisotopic (exact) mass is 171 g/mol. The fourth-order valence-electron chi connectivity index (χ4n) is 0.433. The third-order valence-corrected chi connectivity index (χ3v) is 1.23. The molecule has 0 unspecified atom stereocenters.